The second kappa shape index (κ2) is 19.5. The molecular weight excluding hydrogens is 779 g/mol. The van der Waals surface area contributed by atoms with Gasteiger partial charge in [-0.15, -0.1) is 0 Å². The topological polar surface area (TPSA) is 217 Å². The van der Waals surface area contributed by atoms with Crippen molar-refractivity contribution in [3.05, 3.63) is 0 Å². The van der Waals surface area contributed by atoms with Crippen molar-refractivity contribution in [2.75, 3.05) is 34.0 Å². The van der Waals surface area contributed by atoms with Gasteiger partial charge in [0.15, 0.2) is 0 Å². The molecule has 2 spiro atoms. The number of carbonyl (C=O) groups is 1. The van der Waals surface area contributed by atoms with E-state index in [0.717, 1.165) is 77.2 Å². The molecule has 10 N–H and O–H groups in total. The maximum absolute atomic E-state index is 13.4. The number of hydrogen-bond donors (Lipinski definition) is 7. The van der Waals surface area contributed by atoms with Gasteiger partial charge in [0.05, 0.1) is 61.9 Å². The molecule has 9 unspecified atom stereocenters. The van der Waals surface area contributed by atoms with Gasteiger partial charge in [-0.2, -0.15) is 0 Å². The van der Waals surface area contributed by atoms with E-state index >= 15 is 0 Å². The molecule has 3 heterocycles. The number of methoxy groups -OCH3 is 2. The van der Waals surface area contributed by atoms with Crippen molar-refractivity contribution in [2.45, 2.75) is 209 Å². The van der Waals surface area contributed by atoms with E-state index in [0.29, 0.717) is 56.1 Å². The normalized spacial score (nSPS) is 48.8. The first-order valence-electron chi connectivity index (χ1n) is 25.0. The number of aliphatic carboxylic acids is 1. The number of fused-ring (bicyclic) bond motifs is 1. The smallest absolute Gasteiger partial charge is 0.137 e. The number of ether oxygens (including phenoxy) is 4. The van der Waals surface area contributed by atoms with E-state index in [1.165, 1.54) is 32.1 Å². The minimum Gasteiger partial charge on any atom is -0.550 e. The maximum atomic E-state index is 13.4. The lowest BCUT2D eigenvalue weighted by Crippen LogP contribution is -3.03. The first kappa shape index (κ1) is 46.6. The number of nitrogens with two attached hydrogens (primary N) is 3. The lowest BCUT2D eigenvalue weighted by molar-refractivity contribution is -0.756. The van der Waals surface area contributed by atoms with E-state index in [1.807, 2.05) is 0 Å². The van der Waals surface area contributed by atoms with Gasteiger partial charge in [0, 0.05) is 51.0 Å². The number of carbonyl (C=O) groups excluding carboxylic acids is 1. The van der Waals surface area contributed by atoms with Crippen molar-refractivity contribution >= 4 is 5.97 Å². The van der Waals surface area contributed by atoms with Gasteiger partial charge in [-0.25, -0.2) is 0 Å². The van der Waals surface area contributed by atoms with Gasteiger partial charge in [0.2, 0.25) is 0 Å². The van der Waals surface area contributed by atoms with Crippen LogP contribution in [0.3, 0.4) is 0 Å². The third-order valence-electron chi connectivity index (χ3n) is 19.2. The Kier molecular flexibility index (Phi) is 14.9. The molecule has 13 heteroatoms. The lowest BCUT2D eigenvalue weighted by atomic mass is 9.35. The van der Waals surface area contributed by atoms with Gasteiger partial charge in [0.25, 0.3) is 0 Å². The molecule has 61 heavy (non-hydrogen) atoms. The predicted octanol–water partition coefficient (Wildman–Crippen LogP) is 1.11. The number of carboxylic acid groups (broad SMARTS) is 1. The highest BCUT2D eigenvalue weighted by Crippen LogP contribution is 2.76. The highest BCUT2D eigenvalue weighted by atomic mass is 16.5. The van der Waals surface area contributed by atoms with Gasteiger partial charge < -0.3 is 59.9 Å². The fourth-order valence-corrected chi connectivity index (χ4v) is 16.9. The molecule has 8 aliphatic rings. The summed E-state index contributed by atoms with van der Waals surface area (Å²) in [5.41, 5.74) is 6.35. The van der Waals surface area contributed by atoms with Crippen molar-refractivity contribution in [3.8, 4) is 0 Å². The highest BCUT2D eigenvalue weighted by Gasteiger charge is 2.75. The second-order valence-corrected chi connectivity index (χ2v) is 22.2. The quantitative estimate of drug-likeness (QED) is 0.131. The van der Waals surface area contributed by atoms with Crippen LogP contribution in [0.4, 0.5) is 0 Å². The molecule has 0 bridgehead atoms. The summed E-state index contributed by atoms with van der Waals surface area (Å²) in [4.78, 5) is 13.4. The van der Waals surface area contributed by atoms with E-state index in [1.54, 1.807) is 14.2 Å². The predicted molar refractivity (Wildman–Crippen MR) is 225 cm³/mol. The van der Waals surface area contributed by atoms with E-state index in [4.69, 9.17) is 24.7 Å². The van der Waals surface area contributed by atoms with Gasteiger partial charge in [0.1, 0.15) is 18.3 Å². The third-order valence-corrected chi connectivity index (χ3v) is 19.2. The molecule has 0 amide bonds. The Bertz CT molecular complexity index is 1450. The molecule has 0 aromatic heterocycles. The number of aliphatic hydroxyl groups is 4. The second-order valence-electron chi connectivity index (χ2n) is 22.2. The molecule has 8 fully saturated rings. The zero-order valence-corrected chi connectivity index (χ0v) is 37.8. The molecule has 13 nitrogen and oxygen atoms in total. The van der Waals surface area contributed by atoms with Crippen LogP contribution in [0.1, 0.15) is 142 Å². The monoisotopic (exact) mass is 863 g/mol. The minimum absolute atomic E-state index is 0.0242. The summed E-state index contributed by atoms with van der Waals surface area (Å²) >= 11 is 0. The summed E-state index contributed by atoms with van der Waals surface area (Å²) in [5.74, 6) is 0.174. The first-order chi connectivity index (χ1) is 29.4. The molecule has 5 aliphatic carbocycles. The molecule has 19 atom stereocenters. The summed E-state index contributed by atoms with van der Waals surface area (Å²) in [5, 5.41) is 62.3. The van der Waals surface area contributed by atoms with Gasteiger partial charge >= 0.3 is 0 Å². The fourth-order valence-electron chi connectivity index (χ4n) is 16.9. The summed E-state index contributed by atoms with van der Waals surface area (Å²) in [6.45, 7) is 3.58. The van der Waals surface area contributed by atoms with Crippen LogP contribution in [0.15, 0.2) is 0 Å². The average molecular weight is 863 g/mol. The third kappa shape index (κ3) is 8.88. The first-order valence-corrected chi connectivity index (χ1v) is 25.0. The minimum atomic E-state index is -0.952. The van der Waals surface area contributed by atoms with Crippen LogP contribution in [0.5, 0.6) is 0 Å². The Labute approximate surface area is 365 Å². The lowest BCUT2D eigenvalue weighted by Gasteiger charge is -2.70. The van der Waals surface area contributed by atoms with Crippen molar-refractivity contribution < 1.29 is 59.9 Å². The molecule has 0 radical (unpaired) electrons. The molecule has 3 aliphatic heterocycles. The number of quaternary nitrogens is 2. The maximum Gasteiger partial charge on any atom is 0.137 e. The molecular formula is C48H84N3O10+. The van der Waals surface area contributed by atoms with Gasteiger partial charge in [-0.1, -0.05) is 19.3 Å². The zero-order valence-electron chi connectivity index (χ0n) is 37.8. The summed E-state index contributed by atoms with van der Waals surface area (Å²) in [7, 11) is 3.30. The molecule has 0 aromatic carbocycles. The largest absolute Gasteiger partial charge is 0.550 e. The summed E-state index contributed by atoms with van der Waals surface area (Å²) < 4.78 is 25.7. The number of aliphatic hydroxyl groups excluding tert-OH is 4. The van der Waals surface area contributed by atoms with Crippen LogP contribution in [-0.4, -0.2) is 127 Å². The van der Waals surface area contributed by atoms with Crippen molar-refractivity contribution in [3.63, 3.8) is 0 Å². The summed E-state index contributed by atoms with van der Waals surface area (Å²) in [6, 6.07) is 0.193. The Balaban J connectivity index is 1.06. The van der Waals surface area contributed by atoms with Gasteiger partial charge in [-0.05, 0) is 150 Å². The van der Waals surface area contributed by atoms with E-state index < -0.39 is 41.9 Å². The standard InChI is InChI=1S/C48H83N3O10/c1-28-24-47-16-6-7-40(47)46(14-4-5-15-46)25-34(30-12-17-50-42(49)22-30)48(47,26-43(55)56)41(51-28)27-60-39-21-31(20-38(59-3)44(39)57)45-33(13-18-52)36(54)23-32(61-45)10-8-29-9-11-35(53)37(19-29)58-2/h28-42,44-45,50-54,57H,4-27,49H2,1-3H3,(H,55,56)/p+1/t28-,29?,30?,31?,32-,33+,34+,35?,36-,37?,38?,39?,40+,41+,42?,44?,45-,47-,48-/m0/s1. The van der Waals surface area contributed by atoms with E-state index in [2.05, 4.69) is 17.6 Å². The molecule has 3 saturated heterocycles. The van der Waals surface area contributed by atoms with Crippen LogP contribution in [-0.2, 0) is 23.7 Å². The van der Waals surface area contributed by atoms with Crippen LogP contribution >= 0.6 is 0 Å². The van der Waals surface area contributed by atoms with E-state index in [-0.39, 0.29) is 72.1 Å². The SMILES string of the molecule is COC1CC(CC[C@H]2C[C@H](O)[C@@H](CCO)[C@H](C3CC(OC)C(O)C(OC[C@H]4[NH2+][C@@H](C)C[C@@]56CCC[C@@H]5C5(CCCC5)C[C@H](C5CC[NH2+]C(N)C5)[C@@]46CC(=O)[O-])C3)O2)CCC1O. The van der Waals surface area contributed by atoms with Crippen molar-refractivity contribution in [2.24, 2.45) is 57.5 Å². The Morgan fingerprint density at radius 1 is 0.852 bits per heavy atom. The van der Waals surface area contributed by atoms with Gasteiger partial charge in [-0.3, -0.25) is 5.73 Å². The fraction of sp³-hybridized carbons (Fsp3) is 0.979. The molecule has 0 aromatic rings. The highest BCUT2D eigenvalue weighted by molar-refractivity contribution is 5.66. The van der Waals surface area contributed by atoms with Crippen LogP contribution in [0, 0.1) is 51.8 Å². The number of hydrogen-bond acceptors (Lipinski definition) is 11. The Morgan fingerprint density at radius 2 is 1.62 bits per heavy atom. The van der Waals surface area contributed by atoms with Crippen LogP contribution in [0.25, 0.3) is 0 Å². The Morgan fingerprint density at radius 3 is 2.34 bits per heavy atom. The zero-order chi connectivity index (χ0) is 43.1. The van der Waals surface area contributed by atoms with E-state index in [9.17, 15) is 30.3 Å². The van der Waals surface area contributed by atoms with Crippen LogP contribution < -0.4 is 21.5 Å². The number of carboxylic acids is 1. The average Bonchev–Trinajstić information content (AvgIpc) is 3.90. The van der Waals surface area contributed by atoms with Crippen molar-refractivity contribution in [1.29, 1.82) is 0 Å². The summed E-state index contributed by atoms with van der Waals surface area (Å²) in [6.07, 6.45) is 15.1. The van der Waals surface area contributed by atoms with Crippen molar-refractivity contribution in [1.82, 2.24) is 0 Å². The number of piperidine rings is 2. The van der Waals surface area contributed by atoms with Crippen LogP contribution in [0.2, 0.25) is 0 Å². The molecule has 5 saturated carbocycles. The molecule has 350 valence electrons. The number of rotatable bonds is 14. The Hall–Kier alpha value is -0.970. The molecule has 8 rings (SSSR count).